The molecule has 0 bridgehead atoms. The zero-order valence-corrected chi connectivity index (χ0v) is 14.4. The Morgan fingerprint density at radius 3 is 2.92 bits per heavy atom. The van der Waals surface area contributed by atoms with Crippen molar-refractivity contribution in [3.63, 3.8) is 0 Å². The van der Waals surface area contributed by atoms with Crippen LogP contribution >= 0.6 is 35.0 Å². The number of hydrogen-bond acceptors (Lipinski definition) is 6. The van der Waals surface area contributed by atoms with E-state index in [-0.39, 0.29) is 11.7 Å². The molecule has 1 amide bonds. The van der Waals surface area contributed by atoms with Crippen LogP contribution in [0.3, 0.4) is 0 Å². The molecule has 0 aliphatic rings. The van der Waals surface area contributed by atoms with Gasteiger partial charge < -0.3 is 15.6 Å². The summed E-state index contributed by atoms with van der Waals surface area (Å²) in [5.41, 5.74) is 0.445. The number of amides is 1. The molecule has 3 N–H and O–H groups in total. The van der Waals surface area contributed by atoms with Crippen LogP contribution in [0.15, 0.2) is 46.2 Å². The quantitative estimate of drug-likeness (QED) is 0.517. The molecule has 3 rings (SSSR count). The van der Waals surface area contributed by atoms with Gasteiger partial charge in [0.05, 0.1) is 22.7 Å². The number of nitrogens with zero attached hydrogens (tertiary/aromatic N) is 3. The Kier molecular flexibility index (Phi) is 4.98. The van der Waals surface area contributed by atoms with E-state index >= 15 is 0 Å². The van der Waals surface area contributed by atoms with Gasteiger partial charge in [-0.25, -0.2) is 4.68 Å². The number of carbonyl (C=O) groups excluding carboxylic acids is 1. The number of carbonyl (C=O) groups is 1. The van der Waals surface area contributed by atoms with Crippen LogP contribution in [0.5, 0.6) is 0 Å². The molecule has 0 atom stereocenters. The summed E-state index contributed by atoms with van der Waals surface area (Å²) < 4.78 is 6.49. The average Bonchev–Trinajstić information content (AvgIpc) is 3.18. The van der Waals surface area contributed by atoms with Gasteiger partial charge in [0.2, 0.25) is 16.9 Å². The normalized spacial score (nSPS) is 10.8. The fourth-order valence-corrected chi connectivity index (χ4v) is 2.85. The standard InChI is InChI=1S/C14H11Cl2N5O2S/c15-8-3-4-9(16)10(6-8)18-12(22)7-24-14-20-19-13(21(14)17)11-2-1-5-23-11/h1-6H,7,17H2,(H,18,22). The molecule has 0 aliphatic heterocycles. The molecule has 0 aliphatic carbocycles. The Hall–Kier alpha value is -2.16. The van der Waals surface area contributed by atoms with E-state index in [0.717, 1.165) is 11.8 Å². The molecule has 0 spiro atoms. The van der Waals surface area contributed by atoms with Crippen molar-refractivity contribution in [2.24, 2.45) is 0 Å². The summed E-state index contributed by atoms with van der Waals surface area (Å²) in [7, 11) is 0. The summed E-state index contributed by atoms with van der Waals surface area (Å²) in [5, 5.41) is 11.8. The molecule has 1 aromatic carbocycles. The third kappa shape index (κ3) is 3.66. The van der Waals surface area contributed by atoms with Crippen molar-refractivity contribution in [1.82, 2.24) is 14.9 Å². The van der Waals surface area contributed by atoms with E-state index in [9.17, 15) is 4.79 Å². The highest BCUT2D eigenvalue weighted by Gasteiger charge is 2.15. The van der Waals surface area contributed by atoms with Crippen LogP contribution in [-0.2, 0) is 4.79 Å². The molecule has 0 fully saturated rings. The lowest BCUT2D eigenvalue weighted by Crippen LogP contribution is -2.16. The van der Waals surface area contributed by atoms with Crippen molar-refractivity contribution < 1.29 is 9.21 Å². The smallest absolute Gasteiger partial charge is 0.234 e. The fourth-order valence-electron chi connectivity index (χ4n) is 1.86. The number of halogens is 2. The van der Waals surface area contributed by atoms with E-state index in [0.29, 0.717) is 32.5 Å². The first-order valence-corrected chi connectivity index (χ1v) is 8.41. The third-order valence-electron chi connectivity index (χ3n) is 2.94. The van der Waals surface area contributed by atoms with E-state index in [1.54, 1.807) is 30.3 Å². The average molecular weight is 384 g/mol. The minimum atomic E-state index is -0.272. The predicted octanol–water partition coefficient (Wildman–Crippen LogP) is 3.29. The summed E-state index contributed by atoms with van der Waals surface area (Å²) in [6, 6.07) is 8.27. The van der Waals surface area contributed by atoms with Gasteiger partial charge in [0.1, 0.15) is 0 Å². The minimum Gasteiger partial charge on any atom is -0.461 e. The van der Waals surface area contributed by atoms with Gasteiger partial charge in [-0.3, -0.25) is 4.79 Å². The second-order valence-corrected chi connectivity index (χ2v) is 6.40. The van der Waals surface area contributed by atoms with Crippen LogP contribution in [0.1, 0.15) is 0 Å². The van der Waals surface area contributed by atoms with Crippen LogP contribution in [-0.4, -0.2) is 26.5 Å². The van der Waals surface area contributed by atoms with Gasteiger partial charge >= 0.3 is 0 Å². The minimum absolute atomic E-state index is 0.0797. The molecule has 0 saturated carbocycles. The first kappa shape index (κ1) is 16.7. The summed E-state index contributed by atoms with van der Waals surface area (Å²) >= 11 is 13.0. The van der Waals surface area contributed by atoms with Crippen LogP contribution in [0.4, 0.5) is 5.69 Å². The van der Waals surface area contributed by atoms with Crippen molar-refractivity contribution >= 4 is 46.6 Å². The van der Waals surface area contributed by atoms with Crippen molar-refractivity contribution in [3.8, 4) is 11.6 Å². The highest BCUT2D eigenvalue weighted by molar-refractivity contribution is 7.99. The number of rotatable bonds is 5. The molecular weight excluding hydrogens is 373 g/mol. The number of aromatic nitrogens is 3. The number of anilines is 1. The molecule has 3 aromatic rings. The molecule has 2 heterocycles. The lowest BCUT2D eigenvalue weighted by atomic mass is 10.3. The molecule has 0 radical (unpaired) electrons. The molecule has 24 heavy (non-hydrogen) atoms. The highest BCUT2D eigenvalue weighted by Crippen LogP contribution is 2.26. The third-order valence-corrected chi connectivity index (χ3v) is 4.45. The maximum Gasteiger partial charge on any atom is 0.234 e. The molecule has 0 unspecified atom stereocenters. The van der Waals surface area contributed by atoms with Gasteiger partial charge in [-0.05, 0) is 30.3 Å². The Morgan fingerprint density at radius 1 is 1.33 bits per heavy atom. The Labute approximate surface area is 151 Å². The van der Waals surface area contributed by atoms with E-state index in [4.69, 9.17) is 33.5 Å². The Balaban J connectivity index is 1.64. The largest absolute Gasteiger partial charge is 0.461 e. The lowest BCUT2D eigenvalue weighted by molar-refractivity contribution is -0.113. The number of nitrogens with two attached hydrogens (primary N) is 1. The van der Waals surface area contributed by atoms with Crippen LogP contribution in [0.25, 0.3) is 11.6 Å². The first-order chi connectivity index (χ1) is 11.5. The molecule has 0 saturated heterocycles. The summed E-state index contributed by atoms with van der Waals surface area (Å²) in [6.45, 7) is 0. The molecule has 10 heteroatoms. The number of nitrogens with one attached hydrogen (secondary N) is 1. The molecular formula is C14H11Cl2N5O2S. The van der Waals surface area contributed by atoms with Crippen molar-refractivity contribution in [1.29, 1.82) is 0 Å². The summed E-state index contributed by atoms with van der Waals surface area (Å²) in [5.74, 6) is 6.59. The van der Waals surface area contributed by atoms with Crippen molar-refractivity contribution in [2.75, 3.05) is 16.9 Å². The number of benzene rings is 1. The van der Waals surface area contributed by atoms with Gasteiger partial charge in [0.25, 0.3) is 0 Å². The summed E-state index contributed by atoms with van der Waals surface area (Å²) in [4.78, 5) is 12.0. The van der Waals surface area contributed by atoms with Gasteiger partial charge in [0, 0.05) is 5.02 Å². The number of thioether (sulfide) groups is 1. The second-order valence-electron chi connectivity index (χ2n) is 4.61. The van der Waals surface area contributed by atoms with E-state index in [1.807, 2.05) is 0 Å². The number of furan rings is 1. The number of hydrogen-bond donors (Lipinski definition) is 2. The highest BCUT2D eigenvalue weighted by atomic mass is 35.5. The SMILES string of the molecule is Nn1c(SCC(=O)Nc2cc(Cl)ccc2Cl)nnc1-c1ccco1. The maximum atomic E-state index is 12.0. The zero-order chi connectivity index (χ0) is 17.1. The van der Waals surface area contributed by atoms with Gasteiger partial charge in [-0.1, -0.05) is 35.0 Å². The summed E-state index contributed by atoms with van der Waals surface area (Å²) in [6.07, 6.45) is 1.51. The maximum absolute atomic E-state index is 12.0. The monoisotopic (exact) mass is 383 g/mol. The fraction of sp³-hybridized carbons (Fsp3) is 0.0714. The Morgan fingerprint density at radius 2 is 2.17 bits per heavy atom. The lowest BCUT2D eigenvalue weighted by Gasteiger charge is -2.07. The van der Waals surface area contributed by atoms with Crippen molar-refractivity contribution in [2.45, 2.75) is 5.16 Å². The Bertz CT molecular complexity index is 866. The van der Waals surface area contributed by atoms with Gasteiger partial charge in [0.15, 0.2) is 5.76 Å². The molecule has 7 nitrogen and oxygen atoms in total. The molecule has 124 valence electrons. The second kappa shape index (κ2) is 7.16. The van der Waals surface area contributed by atoms with Crippen LogP contribution in [0.2, 0.25) is 10.0 Å². The van der Waals surface area contributed by atoms with Gasteiger partial charge in [-0.15, -0.1) is 10.2 Å². The predicted molar refractivity (Wildman–Crippen MR) is 93.7 cm³/mol. The van der Waals surface area contributed by atoms with E-state index < -0.39 is 0 Å². The topological polar surface area (TPSA) is 99.0 Å². The van der Waals surface area contributed by atoms with Crippen molar-refractivity contribution in [3.05, 3.63) is 46.6 Å². The molecule has 2 aromatic heterocycles. The van der Waals surface area contributed by atoms with Crippen LogP contribution < -0.4 is 11.2 Å². The van der Waals surface area contributed by atoms with E-state index in [2.05, 4.69) is 15.5 Å². The first-order valence-electron chi connectivity index (χ1n) is 6.66. The zero-order valence-electron chi connectivity index (χ0n) is 12.1. The van der Waals surface area contributed by atoms with E-state index in [1.165, 1.54) is 10.9 Å². The number of nitrogen functional groups attached to an aromatic ring is 1. The van der Waals surface area contributed by atoms with Crippen LogP contribution in [0, 0.1) is 0 Å². The van der Waals surface area contributed by atoms with Gasteiger partial charge in [-0.2, -0.15) is 0 Å².